The number of thiocarbonyl (C=S) groups is 1. The van der Waals surface area contributed by atoms with E-state index >= 15 is 0 Å². The summed E-state index contributed by atoms with van der Waals surface area (Å²) in [5, 5.41) is 4.26. The molecule has 0 saturated carbocycles. The van der Waals surface area contributed by atoms with Crippen LogP contribution in [-0.2, 0) is 0 Å². The summed E-state index contributed by atoms with van der Waals surface area (Å²) in [6, 6.07) is 28.3. The molecule has 43 heavy (non-hydrogen) atoms. The Labute approximate surface area is 258 Å². The van der Waals surface area contributed by atoms with E-state index in [1.54, 1.807) is 7.11 Å². The van der Waals surface area contributed by atoms with E-state index in [0.717, 1.165) is 28.6 Å². The maximum atomic E-state index is 6.11. The Morgan fingerprint density at radius 2 is 1.42 bits per heavy atom. The van der Waals surface area contributed by atoms with Crippen molar-refractivity contribution in [1.29, 1.82) is 0 Å². The van der Waals surface area contributed by atoms with Crippen LogP contribution in [0.4, 0.5) is 5.69 Å². The number of anilines is 1. The molecule has 0 amide bonds. The molecule has 0 unspecified atom stereocenters. The summed E-state index contributed by atoms with van der Waals surface area (Å²) in [5.74, 6) is 2.28. The van der Waals surface area contributed by atoms with Crippen LogP contribution in [0.25, 0.3) is 5.69 Å². The normalized spacial score (nSPS) is 16.3. The Morgan fingerprint density at radius 3 is 2.02 bits per heavy atom. The van der Waals surface area contributed by atoms with Gasteiger partial charge in [-0.3, -0.25) is 4.98 Å². The number of benzene rings is 3. The second kappa shape index (κ2) is 11.6. The van der Waals surface area contributed by atoms with Crippen molar-refractivity contribution in [3.63, 3.8) is 0 Å². The second-order valence-electron chi connectivity index (χ2n) is 11.2. The number of nitrogens with one attached hydrogen (secondary N) is 1. The number of rotatable bonds is 7. The van der Waals surface area contributed by atoms with E-state index in [0.29, 0.717) is 5.11 Å². The van der Waals surface area contributed by atoms with Gasteiger partial charge in [0.2, 0.25) is 0 Å². The van der Waals surface area contributed by atoms with Crippen molar-refractivity contribution in [1.82, 2.24) is 14.9 Å². The maximum Gasteiger partial charge on any atom is 0.174 e. The van der Waals surface area contributed by atoms with Crippen molar-refractivity contribution >= 4 is 23.0 Å². The lowest BCUT2D eigenvalue weighted by molar-refractivity contribution is 0.413. The molecule has 218 valence electrons. The van der Waals surface area contributed by atoms with Crippen LogP contribution in [0.15, 0.2) is 91.1 Å². The molecule has 1 saturated heterocycles. The highest BCUT2D eigenvalue weighted by Crippen LogP contribution is 2.44. The highest BCUT2D eigenvalue weighted by Gasteiger charge is 2.42. The third-order valence-corrected chi connectivity index (χ3v) is 8.47. The van der Waals surface area contributed by atoms with Gasteiger partial charge in [0.25, 0.3) is 0 Å². The number of methoxy groups -OCH3 is 1. The van der Waals surface area contributed by atoms with Crippen LogP contribution in [0.1, 0.15) is 51.4 Å². The minimum atomic E-state index is -0.127. The molecule has 2 aromatic heterocycles. The van der Waals surface area contributed by atoms with Gasteiger partial charge in [0, 0.05) is 23.3 Å². The molecule has 6 rings (SSSR count). The molecule has 0 bridgehead atoms. The molecule has 0 aliphatic carbocycles. The van der Waals surface area contributed by atoms with Crippen LogP contribution in [0.2, 0.25) is 0 Å². The minimum absolute atomic E-state index is 0.109. The number of hydrogen-bond donors (Lipinski definition) is 1. The third-order valence-electron chi connectivity index (χ3n) is 8.16. The fourth-order valence-corrected chi connectivity index (χ4v) is 6.71. The predicted molar refractivity (Wildman–Crippen MR) is 177 cm³/mol. The van der Waals surface area contributed by atoms with Crippen LogP contribution in [0, 0.1) is 34.6 Å². The summed E-state index contributed by atoms with van der Waals surface area (Å²) in [5.41, 5.74) is 10.5. The van der Waals surface area contributed by atoms with Gasteiger partial charge in [0.15, 0.2) is 5.11 Å². The molecule has 3 heterocycles. The van der Waals surface area contributed by atoms with Gasteiger partial charge >= 0.3 is 0 Å². The number of pyridine rings is 1. The smallest absolute Gasteiger partial charge is 0.174 e. The summed E-state index contributed by atoms with van der Waals surface area (Å²) in [6.07, 6.45) is 1.84. The van der Waals surface area contributed by atoms with Crippen molar-refractivity contribution < 1.29 is 9.47 Å². The molecule has 1 aliphatic rings. The van der Waals surface area contributed by atoms with Gasteiger partial charge in [0.1, 0.15) is 17.2 Å². The standard InChI is InChI=1S/C36H36N4O2S/c1-22-19-23(2)34(24(3)20-22)39-25(4)21-31(26(39)5)35-33(32-9-7-8-18-37-32)38-36(43)40(35)27-10-12-29(13-11-27)42-30-16-14-28(41-6)15-17-30/h7-21,33,35H,1-6H3,(H,38,43)/t33-,35-/m1/s1. The number of aryl methyl sites for hydroxylation is 4. The summed E-state index contributed by atoms with van der Waals surface area (Å²) in [7, 11) is 1.65. The van der Waals surface area contributed by atoms with E-state index in [2.05, 4.69) is 85.8 Å². The molecule has 1 aliphatic heterocycles. The van der Waals surface area contributed by atoms with Crippen LogP contribution in [0.5, 0.6) is 17.2 Å². The first-order valence-electron chi connectivity index (χ1n) is 14.4. The van der Waals surface area contributed by atoms with Gasteiger partial charge in [-0.2, -0.15) is 0 Å². The van der Waals surface area contributed by atoms with Crippen LogP contribution in [0.3, 0.4) is 0 Å². The zero-order valence-corrected chi connectivity index (χ0v) is 26.2. The molecule has 6 nitrogen and oxygen atoms in total. The van der Waals surface area contributed by atoms with E-state index < -0.39 is 0 Å². The Hall–Kier alpha value is -4.62. The third kappa shape index (κ3) is 5.37. The number of hydrogen-bond acceptors (Lipinski definition) is 4. The quantitative estimate of drug-likeness (QED) is 0.193. The topological polar surface area (TPSA) is 51.6 Å². The van der Waals surface area contributed by atoms with E-state index in [9.17, 15) is 0 Å². The molecule has 2 atom stereocenters. The van der Waals surface area contributed by atoms with Crippen LogP contribution < -0.4 is 19.7 Å². The highest BCUT2D eigenvalue weighted by molar-refractivity contribution is 7.80. The molecule has 5 aromatic rings. The second-order valence-corrected chi connectivity index (χ2v) is 11.6. The Morgan fingerprint density at radius 1 is 0.791 bits per heavy atom. The van der Waals surface area contributed by atoms with Gasteiger partial charge in [-0.25, -0.2) is 0 Å². The average Bonchev–Trinajstić information content (AvgIpc) is 3.49. The van der Waals surface area contributed by atoms with Gasteiger partial charge < -0.3 is 24.3 Å². The number of aromatic nitrogens is 2. The first-order valence-corrected chi connectivity index (χ1v) is 14.9. The lowest BCUT2D eigenvalue weighted by Crippen LogP contribution is -2.29. The average molecular weight is 589 g/mol. The largest absolute Gasteiger partial charge is 0.497 e. The Bertz CT molecular complexity index is 1760. The monoisotopic (exact) mass is 588 g/mol. The molecular formula is C36H36N4O2S. The number of nitrogens with zero attached hydrogens (tertiary/aromatic N) is 3. The van der Waals surface area contributed by atoms with Gasteiger partial charge in [-0.15, -0.1) is 0 Å². The van der Waals surface area contributed by atoms with Gasteiger partial charge in [-0.05, 0) is 130 Å². The van der Waals surface area contributed by atoms with Crippen molar-refractivity contribution in [2.75, 3.05) is 12.0 Å². The fraction of sp³-hybridized carbons (Fsp3) is 0.222. The zero-order chi connectivity index (χ0) is 30.2. The van der Waals surface area contributed by atoms with Crippen molar-refractivity contribution in [3.05, 3.63) is 130 Å². The summed E-state index contributed by atoms with van der Waals surface area (Å²) < 4.78 is 13.8. The lowest BCUT2D eigenvalue weighted by Gasteiger charge is -2.28. The van der Waals surface area contributed by atoms with Gasteiger partial charge in [-0.1, -0.05) is 23.8 Å². The predicted octanol–water partition coefficient (Wildman–Crippen LogP) is 8.39. The molecule has 3 aromatic carbocycles. The number of ether oxygens (including phenoxy) is 2. The van der Waals surface area contributed by atoms with Crippen LogP contribution >= 0.6 is 12.2 Å². The van der Waals surface area contributed by atoms with Crippen molar-refractivity contribution in [3.8, 4) is 22.9 Å². The Balaban J connectivity index is 1.41. The highest BCUT2D eigenvalue weighted by atomic mass is 32.1. The molecule has 1 N–H and O–H groups in total. The van der Waals surface area contributed by atoms with Crippen molar-refractivity contribution in [2.45, 2.75) is 46.7 Å². The Kier molecular flexibility index (Phi) is 7.67. The molecule has 7 heteroatoms. The SMILES string of the molecule is COc1ccc(Oc2ccc(N3C(=S)N[C@H](c4ccccn4)[C@H]3c3cc(C)n(-c4c(C)cc(C)cc4C)c3C)cc2)cc1. The summed E-state index contributed by atoms with van der Waals surface area (Å²) >= 11 is 6.01. The first kappa shape index (κ1) is 28.5. The van der Waals surface area contributed by atoms with E-state index in [1.807, 2.05) is 54.7 Å². The molecule has 1 fully saturated rings. The molecule has 0 radical (unpaired) electrons. The van der Waals surface area contributed by atoms with Crippen LogP contribution in [-0.4, -0.2) is 21.8 Å². The summed E-state index contributed by atoms with van der Waals surface area (Å²) in [6.45, 7) is 10.9. The minimum Gasteiger partial charge on any atom is -0.497 e. The van der Waals surface area contributed by atoms with E-state index in [4.69, 9.17) is 26.7 Å². The van der Waals surface area contributed by atoms with E-state index in [-0.39, 0.29) is 12.1 Å². The maximum absolute atomic E-state index is 6.11. The molecule has 0 spiro atoms. The zero-order valence-electron chi connectivity index (χ0n) is 25.4. The first-order chi connectivity index (χ1) is 20.7. The lowest BCUT2D eigenvalue weighted by atomic mass is 9.96. The fourth-order valence-electron chi connectivity index (χ4n) is 6.36. The van der Waals surface area contributed by atoms with E-state index in [1.165, 1.54) is 39.3 Å². The molecular weight excluding hydrogens is 552 g/mol. The summed E-state index contributed by atoms with van der Waals surface area (Å²) in [4.78, 5) is 6.96. The van der Waals surface area contributed by atoms with Gasteiger partial charge in [0.05, 0.1) is 30.6 Å². The van der Waals surface area contributed by atoms with Crippen molar-refractivity contribution in [2.24, 2.45) is 0 Å².